The van der Waals surface area contributed by atoms with Gasteiger partial charge in [0, 0.05) is 13.0 Å². The fourth-order valence-electron chi connectivity index (χ4n) is 1.55. The lowest BCUT2D eigenvalue weighted by molar-refractivity contribution is -0.121. The SMILES string of the molecule is CCCC(=O)NCCCCNCC1CC1. The molecule has 1 aliphatic rings. The molecule has 1 aliphatic carbocycles. The Kier molecular flexibility index (Phi) is 6.41. The van der Waals surface area contributed by atoms with Crippen LogP contribution in [0.5, 0.6) is 0 Å². The van der Waals surface area contributed by atoms with E-state index in [9.17, 15) is 4.79 Å². The van der Waals surface area contributed by atoms with Gasteiger partial charge in [0.2, 0.25) is 5.91 Å². The van der Waals surface area contributed by atoms with Gasteiger partial charge < -0.3 is 10.6 Å². The Morgan fingerprint density at radius 1 is 1.27 bits per heavy atom. The number of hydrogen-bond acceptors (Lipinski definition) is 2. The van der Waals surface area contributed by atoms with Crippen LogP contribution in [0, 0.1) is 5.92 Å². The predicted octanol–water partition coefficient (Wildman–Crippen LogP) is 1.68. The smallest absolute Gasteiger partial charge is 0.219 e. The summed E-state index contributed by atoms with van der Waals surface area (Å²) in [7, 11) is 0. The highest BCUT2D eigenvalue weighted by Gasteiger charge is 2.19. The molecule has 0 radical (unpaired) electrons. The Morgan fingerprint density at radius 3 is 2.67 bits per heavy atom. The maximum Gasteiger partial charge on any atom is 0.219 e. The molecule has 0 aliphatic heterocycles. The molecule has 2 N–H and O–H groups in total. The molecule has 1 saturated carbocycles. The minimum Gasteiger partial charge on any atom is -0.356 e. The molecule has 1 rings (SSSR count). The number of carbonyl (C=O) groups excluding carboxylic acids is 1. The molecule has 0 aromatic rings. The van der Waals surface area contributed by atoms with Crippen LogP contribution in [-0.4, -0.2) is 25.5 Å². The van der Waals surface area contributed by atoms with Crippen molar-refractivity contribution in [2.24, 2.45) is 5.92 Å². The van der Waals surface area contributed by atoms with Gasteiger partial charge in [-0.15, -0.1) is 0 Å². The molecule has 0 atom stereocenters. The van der Waals surface area contributed by atoms with Gasteiger partial charge in [-0.25, -0.2) is 0 Å². The lowest BCUT2D eigenvalue weighted by Crippen LogP contribution is -2.25. The van der Waals surface area contributed by atoms with Crippen LogP contribution in [0.1, 0.15) is 45.4 Å². The molecule has 88 valence electrons. The number of hydrogen-bond donors (Lipinski definition) is 2. The summed E-state index contributed by atoms with van der Waals surface area (Å²) in [6.45, 7) is 5.16. The molecule has 0 aromatic carbocycles. The summed E-state index contributed by atoms with van der Waals surface area (Å²) in [6.07, 6.45) is 6.70. The monoisotopic (exact) mass is 212 g/mol. The zero-order valence-corrected chi connectivity index (χ0v) is 9.85. The highest BCUT2D eigenvalue weighted by Crippen LogP contribution is 2.27. The van der Waals surface area contributed by atoms with E-state index in [1.807, 2.05) is 6.92 Å². The van der Waals surface area contributed by atoms with Crippen LogP contribution in [0.3, 0.4) is 0 Å². The molecular formula is C12H24N2O. The fraction of sp³-hybridized carbons (Fsp3) is 0.917. The van der Waals surface area contributed by atoms with Gasteiger partial charge >= 0.3 is 0 Å². The molecule has 0 heterocycles. The van der Waals surface area contributed by atoms with Crippen LogP contribution in [0.25, 0.3) is 0 Å². The Labute approximate surface area is 93.0 Å². The molecule has 3 heteroatoms. The van der Waals surface area contributed by atoms with Crippen molar-refractivity contribution in [2.75, 3.05) is 19.6 Å². The van der Waals surface area contributed by atoms with Crippen LogP contribution < -0.4 is 10.6 Å². The first-order valence-corrected chi connectivity index (χ1v) is 6.30. The molecule has 15 heavy (non-hydrogen) atoms. The predicted molar refractivity (Wildman–Crippen MR) is 62.7 cm³/mol. The summed E-state index contributed by atoms with van der Waals surface area (Å²) in [5, 5.41) is 6.38. The summed E-state index contributed by atoms with van der Waals surface area (Å²) in [6, 6.07) is 0. The third kappa shape index (κ3) is 7.37. The van der Waals surface area contributed by atoms with Crippen LogP contribution in [0.15, 0.2) is 0 Å². The molecule has 1 amide bonds. The van der Waals surface area contributed by atoms with E-state index in [2.05, 4.69) is 10.6 Å². The first-order chi connectivity index (χ1) is 7.33. The molecule has 3 nitrogen and oxygen atoms in total. The van der Waals surface area contributed by atoms with Crippen molar-refractivity contribution < 1.29 is 4.79 Å². The van der Waals surface area contributed by atoms with Crippen molar-refractivity contribution in [2.45, 2.75) is 45.4 Å². The second-order valence-corrected chi connectivity index (χ2v) is 4.45. The minimum absolute atomic E-state index is 0.198. The minimum atomic E-state index is 0.198. The van der Waals surface area contributed by atoms with E-state index >= 15 is 0 Å². The summed E-state index contributed by atoms with van der Waals surface area (Å²) < 4.78 is 0. The average molecular weight is 212 g/mol. The van der Waals surface area contributed by atoms with Gasteiger partial charge in [0.05, 0.1) is 0 Å². The Bertz CT molecular complexity index is 178. The Morgan fingerprint density at radius 2 is 2.00 bits per heavy atom. The van der Waals surface area contributed by atoms with Crippen LogP contribution in [0.2, 0.25) is 0 Å². The second-order valence-electron chi connectivity index (χ2n) is 4.45. The van der Waals surface area contributed by atoms with Gasteiger partial charge in [0.25, 0.3) is 0 Å². The van der Waals surface area contributed by atoms with E-state index in [4.69, 9.17) is 0 Å². The van der Waals surface area contributed by atoms with Crippen molar-refractivity contribution >= 4 is 5.91 Å². The fourth-order valence-corrected chi connectivity index (χ4v) is 1.55. The number of carbonyl (C=O) groups is 1. The van der Waals surface area contributed by atoms with Crippen LogP contribution in [-0.2, 0) is 4.79 Å². The van der Waals surface area contributed by atoms with Crippen LogP contribution in [0.4, 0.5) is 0 Å². The third-order valence-corrected chi connectivity index (χ3v) is 2.71. The molecule has 0 unspecified atom stereocenters. The van der Waals surface area contributed by atoms with E-state index in [1.54, 1.807) is 0 Å². The Hall–Kier alpha value is -0.570. The first-order valence-electron chi connectivity index (χ1n) is 6.30. The number of amides is 1. The van der Waals surface area contributed by atoms with E-state index in [1.165, 1.54) is 25.8 Å². The summed E-state index contributed by atoms with van der Waals surface area (Å²) in [5.41, 5.74) is 0. The van der Waals surface area contributed by atoms with Gasteiger partial charge in [-0.05, 0) is 51.1 Å². The number of nitrogens with one attached hydrogen (secondary N) is 2. The second kappa shape index (κ2) is 7.69. The number of rotatable bonds is 9. The Balaban J connectivity index is 1.73. The van der Waals surface area contributed by atoms with Gasteiger partial charge in [0.15, 0.2) is 0 Å². The van der Waals surface area contributed by atoms with Gasteiger partial charge in [-0.1, -0.05) is 6.92 Å². The molecule has 0 spiro atoms. The van der Waals surface area contributed by atoms with Crippen molar-refractivity contribution in [3.8, 4) is 0 Å². The maximum absolute atomic E-state index is 11.1. The van der Waals surface area contributed by atoms with Gasteiger partial charge in [0.1, 0.15) is 0 Å². The third-order valence-electron chi connectivity index (χ3n) is 2.71. The zero-order valence-electron chi connectivity index (χ0n) is 9.85. The lowest BCUT2D eigenvalue weighted by Gasteiger charge is -2.05. The quantitative estimate of drug-likeness (QED) is 0.571. The maximum atomic E-state index is 11.1. The molecular weight excluding hydrogens is 188 g/mol. The summed E-state index contributed by atoms with van der Waals surface area (Å²) in [5.74, 6) is 1.16. The average Bonchev–Trinajstić information content (AvgIpc) is 3.00. The first kappa shape index (κ1) is 12.5. The van der Waals surface area contributed by atoms with E-state index in [-0.39, 0.29) is 5.91 Å². The van der Waals surface area contributed by atoms with Crippen molar-refractivity contribution in [1.82, 2.24) is 10.6 Å². The molecule has 0 bridgehead atoms. The molecule has 1 fully saturated rings. The van der Waals surface area contributed by atoms with Crippen molar-refractivity contribution in [3.63, 3.8) is 0 Å². The van der Waals surface area contributed by atoms with E-state index in [0.29, 0.717) is 6.42 Å². The summed E-state index contributed by atoms with van der Waals surface area (Å²) >= 11 is 0. The van der Waals surface area contributed by atoms with E-state index < -0.39 is 0 Å². The van der Waals surface area contributed by atoms with Gasteiger partial charge in [-0.2, -0.15) is 0 Å². The highest BCUT2D eigenvalue weighted by molar-refractivity contribution is 5.75. The zero-order chi connectivity index (χ0) is 10.9. The topological polar surface area (TPSA) is 41.1 Å². The van der Waals surface area contributed by atoms with Crippen molar-refractivity contribution in [3.05, 3.63) is 0 Å². The molecule has 0 aromatic heterocycles. The normalized spacial score (nSPS) is 15.3. The van der Waals surface area contributed by atoms with Crippen molar-refractivity contribution in [1.29, 1.82) is 0 Å². The van der Waals surface area contributed by atoms with E-state index in [0.717, 1.165) is 31.8 Å². The van der Waals surface area contributed by atoms with Crippen LogP contribution >= 0.6 is 0 Å². The summed E-state index contributed by atoms with van der Waals surface area (Å²) in [4.78, 5) is 11.1. The standard InChI is InChI=1S/C12H24N2O/c1-2-5-12(15)14-9-4-3-8-13-10-11-6-7-11/h11,13H,2-10H2,1H3,(H,14,15). The molecule has 0 saturated heterocycles. The van der Waals surface area contributed by atoms with Gasteiger partial charge in [-0.3, -0.25) is 4.79 Å². The number of unbranched alkanes of at least 4 members (excludes halogenated alkanes) is 1. The lowest BCUT2D eigenvalue weighted by atomic mass is 10.3. The highest BCUT2D eigenvalue weighted by atomic mass is 16.1. The largest absolute Gasteiger partial charge is 0.356 e.